The second kappa shape index (κ2) is 5.06. The van der Waals surface area contributed by atoms with E-state index in [-0.39, 0.29) is 5.41 Å². The Morgan fingerprint density at radius 1 is 1.32 bits per heavy atom. The van der Waals surface area contributed by atoms with Crippen LogP contribution in [0.3, 0.4) is 0 Å². The summed E-state index contributed by atoms with van der Waals surface area (Å²) < 4.78 is 0. The molecule has 100 valence electrons. The molecule has 1 aliphatic rings. The SMILES string of the molecule is CCNC(C)c1csc(C2(c3ccccc3)CC2)n1. The molecular weight excluding hydrogens is 252 g/mol. The van der Waals surface area contributed by atoms with Crippen molar-refractivity contribution < 1.29 is 0 Å². The lowest BCUT2D eigenvalue weighted by Crippen LogP contribution is -2.18. The third-order valence-corrected chi connectivity index (χ3v) is 5.03. The summed E-state index contributed by atoms with van der Waals surface area (Å²) in [6.07, 6.45) is 2.47. The first-order valence-corrected chi connectivity index (χ1v) is 7.89. The Balaban J connectivity index is 1.87. The summed E-state index contributed by atoms with van der Waals surface area (Å²) in [6.45, 7) is 5.30. The van der Waals surface area contributed by atoms with Gasteiger partial charge in [-0.05, 0) is 31.9 Å². The summed E-state index contributed by atoms with van der Waals surface area (Å²) in [7, 11) is 0. The van der Waals surface area contributed by atoms with E-state index in [0.29, 0.717) is 6.04 Å². The summed E-state index contributed by atoms with van der Waals surface area (Å²) in [5, 5.41) is 6.94. The number of hydrogen-bond acceptors (Lipinski definition) is 3. The molecule has 1 atom stereocenters. The number of thiazole rings is 1. The van der Waals surface area contributed by atoms with Crippen molar-refractivity contribution in [1.29, 1.82) is 0 Å². The highest BCUT2D eigenvalue weighted by molar-refractivity contribution is 7.09. The molecule has 2 nitrogen and oxygen atoms in total. The van der Waals surface area contributed by atoms with Crippen LogP contribution < -0.4 is 5.32 Å². The molecule has 1 aliphatic carbocycles. The van der Waals surface area contributed by atoms with E-state index in [4.69, 9.17) is 4.98 Å². The van der Waals surface area contributed by atoms with Crippen LogP contribution >= 0.6 is 11.3 Å². The summed E-state index contributed by atoms with van der Waals surface area (Å²) in [5.74, 6) is 0. The van der Waals surface area contributed by atoms with Gasteiger partial charge in [-0.2, -0.15) is 0 Å². The third kappa shape index (κ3) is 2.33. The highest BCUT2D eigenvalue weighted by atomic mass is 32.1. The fraction of sp³-hybridized carbons (Fsp3) is 0.438. The average Bonchev–Trinajstić information content (AvgIpc) is 3.10. The lowest BCUT2D eigenvalue weighted by atomic mass is 9.97. The van der Waals surface area contributed by atoms with Crippen LogP contribution in [-0.2, 0) is 5.41 Å². The van der Waals surface area contributed by atoms with E-state index in [1.54, 1.807) is 0 Å². The lowest BCUT2D eigenvalue weighted by Gasteiger charge is -2.13. The topological polar surface area (TPSA) is 24.9 Å². The van der Waals surface area contributed by atoms with E-state index in [1.165, 1.54) is 29.1 Å². The summed E-state index contributed by atoms with van der Waals surface area (Å²) >= 11 is 1.82. The van der Waals surface area contributed by atoms with Gasteiger partial charge in [0.1, 0.15) is 5.01 Å². The molecule has 19 heavy (non-hydrogen) atoms. The van der Waals surface area contributed by atoms with E-state index in [2.05, 4.69) is 54.9 Å². The van der Waals surface area contributed by atoms with Gasteiger partial charge in [-0.15, -0.1) is 11.3 Å². The van der Waals surface area contributed by atoms with Crippen molar-refractivity contribution in [2.24, 2.45) is 0 Å². The predicted molar refractivity (Wildman–Crippen MR) is 80.7 cm³/mol. The fourth-order valence-corrected chi connectivity index (χ4v) is 3.82. The van der Waals surface area contributed by atoms with Crippen molar-refractivity contribution in [2.45, 2.75) is 38.1 Å². The molecule has 0 radical (unpaired) electrons. The van der Waals surface area contributed by atoms with Crippen LogP contribution in [0.1, 0.15) is 49.0 Å². The van der Waals surface area contributed by atoms with Crippen molar-refractivity contribution in [3.8, 4) is 0 Å². The van der Waals surface area contributed by atoms with Gasteiger partial charge in [0.15, 0.2) is 0 Å². The molecule has 0 saturated heterocycles. The Bertz CT molecular complexity index is 543. The normalized spacial score (nSPS) is 18.2. The van der Waals surface area contributed by atoms with Gasteiger partial charge >= 0.3 is 0 Å². The summed E-state index contributed by atoms with van der Waals surface area (Å²) in [5.41, 5.74) is 2.83. The first kappa shape index (κ1) is 12.8. The van der Waals surface area contributed by atoms with Crippen LogP contribution in [0.5, 0.6) is 0 Å². The van der Waals surface area contributed by atoms with E-state index in [0.717, 1.165) is 6.54 Å². The zero-order valence-electron chi connectivity index (χ0n) is 11.5. The number of rotatable bonds is 5. The molecule has 0 bridgehead atoms. The average molecular weight is 272 g/mol. The maximum absolute atomic E-state index is 4.90. The van der Waals surface area contributed by atoms with Gasteiger partial charge in [0, 0.05) is 16.8 Å². The van der Waals surface area contributed by atoms with Gasteiger partial charge in [-0.1, -0.05) is 37.3 Å². The van der Waals surface area contributed by atoms with E-state index in [1.807, 2.05) is 11.3 Å². The number of nitrogens with zero attached hydrogens (tertiary/aromatic N) is 1. The van der Waals surface area contributed by atoms with Crippen LogP contribution in [0, 0.1) is 0 Å². The molecule has 1 aromatic carbocycles. The molecular formula is C16H20N2S. The van der Waals surface area contributed by atoms with Crippen LogP contribution in [0.2, 0.25) is 0 Å². The standard InChI is InChI=1S/C16H20N2S/c1-3-17-12(2)14-11-19-15(18-14)16(9-10-16)13-7-5-4-6-8-13/h4-8,11-12,17H,3,9-10H2,1-2H3. The van der Waals surface area contributed by atoms with Gasteiger partial charge in [0.05, 0.1) is 5.69 Å². The van der Waals surface area contributed by atoms with Crippen molar-refractivity contribution in [3.63, 3.8) is 0 Å². The van der Waals surface area contributed by atoms with Crippen LogP contribution in [0.4, 0.5) is 0 Å². The van der Waals surface area contributed by atoms with Crippen LogP contribution in [0.15, 0.2) is 35.7 Å². The highest BCUT2D eigenvalue weighted by Crippen LogP contribution is 2.54. The zero-order valence-corrected chi connectivity index (χ0v) is 12.3. The first-order chi connectivity index (χ1) is 9.26. The van der Waals surface area contributed by atoms with Gasteiger partial charge in [-0.25, -0.2) is 4.98 Å². The van der Waals surface area contributed by atoms with Crippen molar-refractivity contribution in [2.75, 3.05) is 6.54 Å². The second-order valence-corrected chi connectivity index (χ2v) is 6.16. The summed E-state index contributed by atoms with van der Waals surface area (Å²) in [4.78, 5) is 4.90. The molecule has 1 aromatic heterocycles. The van der Waals surface area contributed by atoms with E-state index >= 15 is 0 Å². The molecule has 0 amide bonds. The Morgan fingerprint density at radius 2 is 2.05 bits per heavy atom. The van der Waals surface area contributed by atoms with Crippen molar-refractivity contribution in [1.82, 2.24) is 10.3 Å². The smallest absolute Gasteiger partial charge is 0.103 e. The van der Waals surface area contributed by atoms with Gasteiger partial charge in [0.25, 0.3) is 0 Å². The molecule has 1 unspecified atom stereocenters. The lowest BCUT2D eigenvalue weighted by molar-refractivity contribution is 0.583. The second-order valence-electron chi connectivity index (χ2n) is 5.31. The van der Waals surface area contributed by atoms with Gasteiger partial charge < -0.3 is 5.32 Å². The highest BCUT2D eigenvalue weighted by Gasteiger charge is 2.48. The third-order valence-electron chi connectivity index (χ3n) is 3.96. The molecule has 3 rings (SSSR count). The molecule has 3 heteroatoms. The zero-order chi connectivity index (χ0) is 13.3. The summed E-state index contributed by atoms with van der Waals surface area (Å²) in [6, 6.07) is 11.2. The van der Waals surface area contributed by atoms with Gasteiger partial charge in [-0.3, -0.25) is 0 Å². The van der Waals surface area contributed by atoms with E-state index in [9.17, 15) is 0 Å². The largest absolute Gasteiger partial charge is 0.309 e. The monoisotopic (exact) mass is 272 g/mol. The molecule has 1 N–H and O–H groups in total. The fourth-order valence-electron chi connectivity index (χ4n) is 2.62. The number of hydrogen-bond donors (Lipinski definition) is 1. The number of benzene rings is 1. The molecule has 1 saturated carbocycles. The maximum atomic E-state index is 4.90. The minimum atomic E-state index is 0.218. The Labute approximate surface area is 118 Å². The Hall–Kier alpha value is -1.19. The predicted octanol–water partition coefficient (Wildman–Crippen LogP) is 3.89. The minimum Gasteiger partial charge on any atom is -0.309 e. The molecule has 2 aromatic rings. The van der Waals surface area contributed by atoms with Crippen LogP contribution in [0.25, 0.3) is 0 Å². The maximum Gasteiger partial charge on any atom is 0.103 e. The van der Waals surface area contributed by atoms with Crippen LogP contribution in [-0.4, -0.2) is 11.5 Å². The number of aromatic nitrogens is 1. The van der Waals surface area contributed by atoms with Gasteiger partial charge in [0.2, 0.25) is 0 Å². The quantitative estimate of drug-likeness (QED) is 0.893. The number of nitrogens with one attached hydrogen (secondary N) is 1. The Kier molecular flexibility index (Phi) is 3.42. The van der Waals surface area contributed by atoms with E-state index < -0.39 is 0 Å². The van der Waals surface area contributed by atoms with Crippen molar-refractivity contribution >= 4 is 11.3 Å². The molecule has 0 aliphatic heterocycles. The molecule has 0 spiro atoms. The Morgan fingerprint density at radius 3 is 2.68 bits per heavy atom. The minimum absolute atomic E-state index is 0.218. The molecule has 1 heterocycles. The molecule has 1 fully saturated rings. The first-order valence-electron chi connectivity index (χ1n) is 7.01. The van der Waals surface area contributed by atoms with Crippen molar-refractivity contribution in [3.05, 3.63) is 52.0 Å².